The van der Waals surface area contributed by atoms with E-state index in [1.807, 2.05) is 0 Å². The van der Waals surface area contributed by atoms with E-state index in [1.165, 1.54) is 28.7 Å². The van der Waals surface area contributed by atoms with E-state index < -0.39 is 0 Å². The number of fused-ring (bicyclic) bond motifs is 1. The van der Waals surface area contributed by atoms with Gasteiger partial charge < -0.3 is 4.74 Å². The monoisotopic (exact) mass is 400 g/mol. The highest BCUT2D eigenvalue weighted by Crippen LogP contribution is 2.42. The summed E-state index contributed by atoms with van der Waals surface area (Å²) in [6.07, 6.45) is 4.86. The van der Waals surface area contributed by atoms with E-state index >= 15 is 0 Å². The summed E-state index contributed by atoms with van der Waals surface area (Å²) in [5.41, 5.74) is 3.82. The van der Waals surface area contributed by atoms with Crippen LogP contribution < -0.4 is 0 Å². The van der Waals surface area contributed by atoms with Gasteiger partial charge in [-0.2, -0.15) is 0 Å². The van der Waals surface area contributed by atoms with E-state index in [-0.39, 0.29) is 5.97 Å². The number of ether oxygens (including phenoxy) is 1. The van der Waals surface area contributed by atoms with Crippen LogP contribution >= 0.6 is 23.1 Å². The first-order valence-corrected chi connectivity index (χ1v) is 11.0. The molecule has 0 N–H and O–H groups in total. The molecule has 0 aliphatic carbocycles. The van der Waals surface area contributed by atoms with Crippen molar-refractivity contribution in [1.82, 2.24) is 9.97 Å². The van der Waals surface area contributed by atoms with Gasteiger partial charge in [-0.25, -0.2) is 9.97 Å². The Labute approximate surface area is 168 Å². The molecule has 0 aliphatic rings. The number of benzene rings is 1. The van der Waals surface area contributed by atoms with E-state index in [4.69, 9.17) is 4.74 Å². The van der Waals surface area contributed by atoms with Crippen molar-refractivity contribution in [2.45, 2.75) is 44.6 Å². The Bertz CT molecular complexity index is 920. The number of thioether (sulfide) groups is 1. The van der Waals surface area contributed by atoms with Crippen molar-refractivity contribution in [1.29, 1.82) is 0 Å². The van der Waals surface area contributed by atoms with Crippen LogP contribution in [0.5, 0.6) is 0 Å². The number of hydrogen-bond acceptors (Lipinski definition) is 6. The Morgan fingerprint density at radius 3 is 2.59 bits per heavy atom. The summed E-state index contributed by atoms with van der Waals surface area (Å²) in [6, 6.07) is 8.81. The van der Waals surface area contributed by atoms with Crippen LogP contribution in [0.25, 0.3) is 21.3 Å². The molecule has 3 rings (SSSR count). The van der Waals surface area contributed by atoms with Gasteiger partial charge in [-0.3, -0.25) is 4.79 Å². The minimum atomic E-state index is -0.163. The number of rotatable bonds is 8. The van der Waals surface area contributed by atoms with Gasteiger partial charge in [0.25, 0.3) is 0 Å². The van der Waals surface area contributed by atoms with Crippen molar-refractivity contribution in [3.63, 3.8) is 0 Å². The highest BCUT2D eigenvalue weighted by molar-refractivity contribution is 7.99. The third-order valence-corrected chi connectivity index (χ3v) is 6.81. The van der Waals surface area contributed by atoms with E-state index in [0.29, 0.717) is 6.42 Å². The highest BCUT2D eigenvalue weighted by Gasteiger charge is 2.18. The van der Waals surface area contributed by atoms with Gasteiger partial charge in [0, 0.05) is 22.6 Å². The Balaban J connectivity index is 1.95. The van der Waals surface area contributed by atoms with Crippen LogP contribution in [0, 0.1) is 0 Å². The Morgan fingerprint density at radius 1 is 1.15 bits per heavy atom. The quantitative estimate of drug-likeness (QED) is 0.215. The first-order chi connectivity index (χ1) is 13.2. The van der Waals surface area contributed by atoms with E-state index in [9.17, 15) is 4.79 Å². The lowest BCUT2D eigenvalue weighted by Gasteiger charge is -2.08. The molecule has 2 heterocycles. The fourth-order valence-electron chi connectivity index (χ4n) is 3.01. The average Bonchev–Trinajstić information content (AvgIpc) is 3.10. The smallest absolute Gasteiger partial charge is 0.305 e. The topological polar surface area (TPSA) is 52.1 Å². The van der Waals surface area contributed by atoms with Gasteiger partial charge in [-0.1, -0.05) is 38.1 Å². The highest BCUT2D eigenvalue weighted by atomic mass is 32.2. The third kappa shape index (κ3) is 4.50. The number of esters is 1. The SMILES string of the molecule is CCc1ccc(-c2c(CC)sc3ncnc(SCCCC(=O)OC)c23)cc1. The molecule has 0 atom stereocenters. The summed E-state index contributed by atoms with van der Waals surface area (Å²) in [7, 11) is 1.43. The Morgan fingerprint density at radius 2 is 1.93 bits per heavy atom. The summed E-state index contributed by atoms with van der Waals surface area (Å²) in [5.74, 6) is 0.663. The van der Waals surface area contributed by atoms with Crippen LogP contribution in [0.3, 0.4) is 0 Å². The molecular formula is C21H24N2O2S2. The zero-order chi connectivity index (χ0) is 19.2. The summed E-state index contributed by atoms with van der Waals surface area (Å²) in [6.45, 7) is 4.36. The van der Waals surface area contributed by atoms with Gasteiger partial charge in [0.1, 0.15) is 16.2 Å². The predicted octanol–water partition coefficient (Wildman–Crippen LogP) is 5.53. The fourth-order valence-corrected chi connectivity index (χ4v) is 5.12. The van der Waals surface area contributed by atoms with E-state index in [0.717, 1.165) is 40.3 Å². The summed E-state index contributed by atoms with van der Waals surface area (Å²) in [4.78, 5) is 22.8. The molecule has 142 valence electrons. The average molecular weight is 401 g/mol. The third-order valence-electron chi connectivity index (χ3n) is 4.49. The molecule has 0 radical (unpaired) electrons. The number of aryl methyl sites for hydroxylation is 2. The molecule has 0 unspecified atom stereocenters. The maximum atomic E-state index is 11.3. The van der Waals surface area contributed by atoms with Crippen molar-refractivity contribution in [2.75, 3.05) is 12.9 Å². The van der Waals surface area contributed by atoms with Crippen molar-refractivity contribution in [2.24, 2.45) is 0 Å². The normalized spacial score (nSPS) is 11.1. The predicted molar refractivity (Wildman–Crippen MR) is 114 cm³/mol. The number of nitrogens with zero attached hydrogens (tertiary/aromatic N) is 2. The summed E-state index contributed by atoms with van der Waals surface area (Å²) in [5, 5.41) is 2.14. The van der Waals surface area contributed by atoms with Crippen LogP contribution in [0.2, 0.25) is 0 Å². The molecule has 0 fully saturated rings. The zero-order valence-electron chi connectivity index (χ0n) is 15.9. The molecule has 4 nitrogen and oxygen atoms in total. The van der Waals surface area contributed by atoms with Gasteiger partial charge in [0.2, 0.25) is 0 Å². The van der Waals surface area contributed by atoms with Crippen molar-refractivity contribution in [3.05, 3.63) is 41.0 Å². The largest absolute Gasteiger partial charge is 0.469 e. The Hall–Kier alpha value is -1.92. The molecule has 27 heavy (non-hydrogen) atoms. The van der Waals surface area contributed by atoms with Gasteiger partial charge in [-0.05, 0) is 30.4 Å². The number of carbonyl (C=O) groups is 1. The van der Waals surface area contributed by atoms with Crippen LogP contribution in [-0.2, 0) is 22.4 Å². The zero-order valence-corrected chi connectivity index (χ0v) is 17.6. The van der Waals surface area contributed by atoms with Crippen LogP contribution in [-0.4, -0.2) is 28.8 Å². The second-order valence-electron chi connectivity index (χ2n) is 6.19. The first-order valence-electron chi connectivity index (χ1n) is 9.23. The number of methoxy groups -OCH3 is 1. The fraction of sp³-hybridized carbons (Fsp3) is 0.381. The molecule has 0 saturated carbocycles. The Kier molecular flexibility index (Phi) is 6.85. The molecule has 6 heteroatoms. The van der Waals surface area contributed by atoms with E-state index in [2.05, 4.69) is 48.1 Å². The number of thiophene rings is 1. The second-order valence-corrected chi connectivity index (χ2v) is 8.36. The lowest BCUT2D eigenvalue weighted by atomic mass is 10.0. The molecule has 0 spiro atoms. The number of hydrogen-bond donors (Lipinski definition) is 0. The van der Waals surface area contributed by atoms with Crippen LogP contribution in [0.1, 0.15) is 37.1 Å². The van der Waals surface area contributed by atoms with Gasteiger partial charge >= 0.3 is 5.97 Å². The maximum Gasteiger partial charge on any atom is 0.305 e. The van der Waals surface area contributed by atoms with Gasteiger partial charge in [-0.15, -0.1) is 23.1 Å². The molecule has 2 aromatic heterocycles. The molecule has 3 aromatic rings. The minimum absolute atomic E-state index is 0.163. The van der Waals surface area contributed by atoms with Crippen molar-refractivity contribution >= 4 is 39.3 Å². The standard InChI is InChI=1S/C21H24N2O2S2/c1-4-14-8-10-15(11-9-14)18-16(5-2)27-21-19(18)20(22-13-23-21)26-12-6-7-17(24)25-3/h8-11,13H,4-7,12H2,1-3H3. The lowest BCUT2D eigenvalue weighted by molar-refractivity contribution is -0.140. The van der Waals surface area contributed by atoms with Crippen molar-refractivity contribution in [3.8, 4) is 11.1 Å². The van der Waals surface area contributed by atoms with Crippen molar-refractivity contribution < 1.29 is 9.53 Å². The second kappa shape index (κ2) is 9.33. The first kappa shape index (κ1) is 19.8. The summed E-state index contributed by atoms with van der Waals surface area (Å²) < 4.78 is 4.71. The van der Waals surface area contributed by atoms with Crippen LogP contribution in [0.4, 0.5) is 0 Å². The summed E-state index contributed by atoms with van der Waals surface area (Å²) >= 11 is 3.44. The molecule has 1 aromatic carbocycles. The van der Waals surface area contributed by atoms with Crippen LogP contribution in [0.15, 0.2) is 35.6 Å². The van der Waals surface area contributed by atoms with Gasteiger partial charge in [0.05, 0.1) is 12.5 Å². The minimum Gasteiger partial charge on any atom is -0.469 e. The number of carbonyl (C=O) groups excluding carboxylic acids is 1. The number of aromatic nitrogens is 2. The molecule has 0 saturated heterocycles. The van der Waals surface area contributed by atoms with E-state index in [1.54, 1.807) is 29.4 Å². The lowest BCUT2D eigenvalue weighted by Crippen LogP contribution is -2.00. The molecule has 0 bridgehead atoms. The molecule has 0 aliphatic heterocycles. The molecule has 0 amide bonds. The maximum absolute atomic E-state index is 11.3. The molecular weight excluding hydrogens is 376 g/mol. The van der Waals surface area contributed by atoms with Gasteiger partial charge in [0.15, 0.2) is 0 Å².